The SMILES string of the molecule is CCn1cc(CN(C)C(=S)NC2CC2)c(C)n1. The summed E-state index contributed by atoms with van der Waals surface area (Å²) < 4.78 is 1.97. The minimum atomic E-state index is 0.615. The molecule has 1 aromatic rings. The van der Waals surface area contributed by atoms with Gasteiger partial charge in [-0.3, -0.25) is 4.68 Å². The predicted molar refractivity (Wildman–Crippen MR) is 72.9 cm³/mol. The van der Waals surface area contributed by atoms with Crippen LogP contribution in [0, 0.1) is 6.92 Å². The number of aromatic nitrogens is 2. The second kappa shape index (κ2) is 5.04. The summed E-state index contributed by atoms with van der Waals surface area (Å²) in [4.78, 5) is 2.08. The largest absolute Gasteiger partial charge is 0.360 e. The van der Waals surface area contributed by atoms with Crippen LogP contribution < -0.4 is 5.32 Å². The zero-order valence-corrected chi connectivity index (χ0v) is 11.5. The summed E-state index contributed by atoms with van der Waals surface area (Å²) in [7, 11) is 2.03. The van der Waals surface area contributed by atoms with E-state index in [0.717, 1.165) is 23.9 Å². The molecule has 94 valence electrons. The summed E-state index contributed by atoms with van der Waals surface area (Å²) in [5.74, 6) is 0. The molecule has 1 heterocycles. The van der Waals surface area contributed by atoms with Crippen molar-refractivity contribution in [2.24, 2.45) is 0 Å². The summed E-state index contributed by atoms with van der Waals surface area (Å²) in [5.41, 5.74) is 2.34. The standard InChI is InChI=1S/C12H20N4S/c1-4-16-8-10(9(2)14-16)7-15(3)12(17)13-11-5-6-11/h8,11H,4-7H2,1-3H3,(H,13,17). The van der Waals surface area contributed by atoms with Crippen LogP contribution in [0.1, 0.15) is 31.0 Å². The fourth-order valence-corrected chi connectivity index (χ4v) is 1.95. The van der Waals surface area contributed by atoms with E-state index in [4.69, 9.17) is 12.2 Å². The van der Waals surface area contributed by atoms with E-state index in [9.17, 15) is 0 Å². The molecule has 0 aromatic carbocycles. The first-order chi connectivity index (χ1) is 8.10. The minimum Gasteiger partial charge on any atom is -0.360 e. The number of rotatable bonds is 4. The van der Waals surface area contributed by atoms with Crippen LogP contribution in [0.25, 0.3) is 0 Å². The van der Waals surface area contributed by atoms with Gasteiger partial charge in [0.15, 0.2) is 5.11 Å². The Morgan fingerprint density at radius 3 is 2.88 bits per heavy atom. The number of nitrogens with zero attached hydrogens (tertiary/aromatic N) is 3. The molecule has 0 unspecified atom stereocenters. The molecule has 1 fully saturated rings. The molecule has 0 spiro atoms. The Bertz CT molecular complexity index is 409. The monoisotopic (exact) mass is 252 g/mol. The van der Waals surface area contributed by atoms with Crippen LogP contribution in [-0.2, 0) is 13.1 Å². The van der Waals surface area contributed by atoms with Crippen molar-refractivity contribution in [1.29, 1.82) is 0 Å². The van der Waals surface area contributed by atoms with Gasteiger partial charge in [0.05, 0.1) is 5.69 Å². The lowest BCUT2D eigenvalue weighted by Crippen LogP contribution is -2.37. The van der Waals surface area contributed by atoms with E-state index in [2.05, 4.69) is 28.4 Å². The summed E-state index contributed by atoms with van der Waals surface area (Å²) >= 11 is 5.36. The third-order valence-electron chi connectivity index (χ3n) is 3.03. The first kappa shape index (κ1) is 12.4. The Morgan fingerprint density at radius 2 is 2.35 bits per heavy atom. The smallest absolute Gasteiger partial charge is 0.169 e. The molecule has 1 saturated carbocycles. The van der Waals surface area contributed by atoms with Crippen LogP contribution in [0.4, 0.5) is 0 Å². The molecule has 1 aromatic heterocycles. The summed E-state index contributed by atoms with van der Waals surface area (Å²) in [6, 6.07) is 0.615. The van der Waals surface area contributed by atoms with Crippen LogP contribution in [0.2, 0.25) is 0 Å². The molecule has 1 aliphatic rings. The van der Waals surface area contributed by atoms with Gasteiger partial charge in [0.2, 0.25) is 0 Å². The molecule has 1 aliphatic carbocycles. The van der Waals surface area contributed by atoms with Gasteiger partial charge in [-0.05, 0) is 38.9 Å². The maximum absolute atomic E-state index is 5.36. The van der Waals surface area contributed by atoms with Gasteiger partial charge in [-0.1, -0.05) is 0 Å². The molecule has 0 bridgehead atoms. The van der Waals surface area contributed by atoms with Gasteiger partial charge in [0.25, 0.3) is 0 Å². The van der Waals surface area contributed by atoms with E-state index >= 15 is 0 Å². The Hall–Kier alpha value is -1.10. The average Bonchev–Trinajstić information content (AvgIpc) is 3.03. The Morgan fingerprint density at radius 1 is 1.65 bits per heavy atom. The summed E-state index contributed by atoms with van der Waals surface area (Å²) in [5, 5.41) is 8.63. The van der Waals surface area contributed by atoms with E-state index in [1.165, 1.54) is 18.4 Å². The van der Waals surface area contributed by atoms with Gasteiger partial charge in [-0.2, -0.15) is 5.10 Å². The van der Waals surface area contributed by atoms with Crippen LogP contribution in [0.15, 0.2) is 6.20 Å². The van der Waals surface area contributed by atoms with Crippen LogP contribution in [0.5, 0.6) is 0 Å². The van der Waals surface area contributed by atoms with Gasteiger partial charge >= 0.3 is 0 Å². The normalized spacial score (nSPS) is 14.8. The second-order valence-electron chi connectivity index (χ2n) is 4.68. The number of hydrogen-bond acceptors (Lipinski definition) is 2. The molecule has 0 amide bonds. The number of hydrogen-bond donors (Lipinski definition) is 1. The molecule has 5 heteroatoms. The molecule has 17 heavy (non-hydrogen) atoms. The molecule has 1 N–H and O–H groups in total. The highest BCUT2D eigenvalue weighted by molar-refractivity contribution is 7.80. The van der Waals surface area contributed by atoms with Crippen molar-refractivity contribution in [2.45, 2.75) is 45.8 Å². The summed E-state index contributed by atoms with van der Waals surface area (Å²) in [6.45, 7) is 5.88. The predicted octanol–water partition coefficient (Wildman–Crippen LogP) is 1.68. The van der Waals surface area contributed by atoms with Crippen molar-refractivity contribution < 1.29 is 0 Å². The lowest BCUT2D eigenvalue weighted by molar-refractivity contribution is 0.487. The minimum absolute atomic E-state index is 0.615. The van der Waals surface area contributed by atoms with E-state index in [-0.39, 0.29) is 0 Å². The quantitative estimate of drug-likeness (QED) is 0.827. The van der Waals surface area contributed by atoms with Gasteiger partial charge in [0.1, 0.15) is 0 Å². The van der Waals surface area contributed by atoms with Crippen molar-refractivity contribution in [3.05, 3.63) is 17.5 Å². The topological polar surface area (TPSA) is 33.1 Å². The zero-order valence-electron chi connectivity index (χ0n) is 10.7. The zero-order chi connectivity index (χ0) is 12.4. The number of nitrogens with one attached hydrogen (secondary N) is 1. The van der Waals surface area contributed by atoms with E-state index in [1.54, 1.807) is 0 Å². The first-order valence-corrected chi connectivity index (χ1v) is 6.55. The fourth-order valence-electron chi connectivity index (χ4n) is 1.72. The highest BCUT2D eigenvalue weighted by atomic mass is 32.1. The second-order valence-corrected chi connectivity index (χ2v) is 5.06. The van der Waals surface area contributed by atoms with Gasteiger partial charge in [0, 0.05) is 37.9 Å². The third kappa shape index (κ3) is 3.19. The highest BCUT2D eigenvalue weighted by Gasteiger charge is 2.23. The van der Waals surface area contributed by atoms with Crippen LogP contribution in [-0.4, -0.2) is 32.9 Å². The van der Waals surface area contributed by atoms with Gasteiger partial charge < -0.3 is 10.2 Å². The summed E-state index contributed by atoms with van der Waals surface area (Å²) in [6.07, 6.45) is 4.60. The Labute approximate surface area is 108 Å². The molecule has 0 atom stereocenters. The van der Waals surface area contributed by atoms with Gasteiger partial charge in [-0.15, -0.1) is 0 Å². The molecule has 0 saturated heterocycles. The molecular formula is C12H20N4S. The molecule has 4 nitrogen and oxygen atoms in total. The first-order valence-electron chi connectivity index (χ1n) is 6.14. The van der Waals surface area contributed by atoms with Crippen LogP contribution in [0.3, 0.4) is 0 Å². The van der Waals surface area contributed by atoms with E-state index < -0.39 is 0 Å². The van der Waals surface area contributed by atoms with Crippen molar-refractivity contribution >= 4 is 17.3 Å². The fraction of sp³-hybridized carbons (Fsp3) is 0.667. The van der Waals surface area contributed by atoms with Crippen molar-refractivity contribution in [3.63, 3.8) is 0 Å². The van der Waals surface area contributed by atoms with E-state index in [0.29, 0.717) is 6.04 Å². The van der Waals surface area contributed by atoms with E-state index in [1.807, 2.05) is 18.7 Å². The van der Waals surface area contributed by atoms with Crippen molar-refractivity contribution in [2.75, 3.05) is 7.05 Å². The maximum atomic E-state index is 5.36. The average molecular weight is 252 g/mol. The highest BCUT2D eigenvalue weighted by Crippen LogP contribution is 2.19. The lowest BCUT2D eigenvalue weighted by atomic mass is 10.2. The molecule has 0 radical (unpaired) electrons. The van der Waals surface area contributed by atoms with Crippen LogP contribution >= 0.6 is 12.2 Å². The maximum Gasteiger partial charge on any atom is 0.169 e. The number of thiocarbonyl (C=S) groups is 1. The Kier molecular flexibility index (Phi) is 3.66. The number of aryl methyl sites for hydroxylation is 2. The van der Waals surface area contributed by atoms with Crippen molar-refractivity contribution in [3.8, 4) is 0 Å². The lowest BCUT2D eigenvalue weighted by Gasteiger charge is -2.20. The molecular weight excluding hydrogens is 232 g/mol. The molecule has 2 rings (SSSR count). The van der Waals surface area contributed by atoms with Gasteiger partial charge in [-0.25, -0.2) is 0 Å². The van der Waals surface area contributed by atoms with Crippen molar-refractivity contribution in [1.82, 2.24) is 20.0 Å². The third-order valence-corrected chi connectivity index (χ3v) is 3.46. The Balaban J connectivity index is 1.93. The molecule has 0 aliphatic heterocycles.